The van der Waals surface area contributed by atoms with Gasteiger partial charge in [0.15, 0.2) is 0 Å². The van der Waals surface area contributed by atoms with E-state index in [0.29, 0.717) is 35.8 Å². The van der Waals surface area contributed by atoms with Crippen LogP contribution in [-0.4, -0.2) is 36.8 Å². The highest BCUT2D eigenvalue weighted by Crippen LogP contribution is 2.18. The molecule has 2 aromatic carbocycles. The van der Waals surface area contributed by atoms with Crippen LogP contribution in [0.15, 0.2) is 48.5 Å². The highest BCUT2D eigenvalue weighted by molar-refractivity contribution is 5.98. The first kappa shape index (κ1) is 27.2. The lowest BCUT2D eigenvalue weighted by Gasteiger charge is -2.12. The Bertz CT molecular complexity index is 931. The predicted octanol–water partition coefficient (Wildman–Crippen LogP) is 2.66. The van der Waals surface area contributed by atoms with Gasteiger partial charge in [-0.1, -0.05) is 38.1 Å². The van der Waals surface area contributed by atoms with Gasteiger partial charge in [-0.05, 0) is 43.5 Å². The summed E-state index contributed by atoms with van der Waals surface area (Å²) in [5.41, 5.74) is 9.94. The van der Waals surface area contributed by atoms with E-state index in [9.17, 15) is 19.2 Å². The maximum absolute atomic E-state index is 12.3. The minimum absolute atomic E-state index is 0.00329. The highest BCUT2D eigenvalue weighted by Gasteiger charge is 2.15. The van der Waals surface area contributed by atoms with E-state index in [0.717, 1.165) is 12.8 Å². The normalized spacial score (nSPS) is 10.1. The van der Waals surface area contributed by atoms with Crippen LogP contribution in [-0.2, 0) is 9.59 Å². The van der Waals surface area contributed by atoms with Crippen LogP contribution in [0.4, 0.5) is 0 Å². The van der Waals surface area contributed by atoms with Gasteiger partial charge in [0.2, 0.25) is 11.8 Å². The van der Waals surface area contributed by atoms with Crippen molar-refractivity contribution in [3.63, 3.8) is 0 Å². The molecule has 0 bridgehead atoms. The van der Waals surface area contributed by atoms with Gasteiger partial charge >= 0.3 is 0 Å². The lowest BCUT2D eigenvalue weighted by Crippen LogP contribution is -2.42. The van der Waals surface area contributed by atoms with Crippen molar-refractivity contribution < 1.29 is 28.7 Å². The lowest BCUT2D eigenvalue weighted by molar-refractivity contribution is -0.123. The number of amides is 4. The molecule has 10 heteroatoms. The summed E-state index contributed by atoms with van der Waals surface area (Å²) in [6.07, 6.45) is 1.82. The Hall–Kier alpha value is -4.08. The van der Waals surface area contributed by atoms with Crippen molar-refractivity contribution in [2.45, 2.75) is 46.0 Å². The lowest BCUT2D eigenvalue weighted by atomic mass is 10.2. The third-order valence-corrected chi connectivity index (χ3v) is 4.63. The number of ether oxygens (including phenoxy) is 2. The van der Waals surface area contributed by atoms with E-state index in [1.807, 2.05) is 13.8 Å². The minimum Gasteiger partial charge on any atom is -0.493 e. The maximum Gasteiger partial charge on any atom is 0.273 e. The topological polar surface area (TPSA) is 135 Å². The van der Waals surface area contributed by atoms with Crippen LogP contribution in [0.3, 0.4) is 0 Å². The summed E-state index contributed by atoms with van der Waals surface area (Å²) in [5.74, 6) is -1.06. The molecule has 35 heavy (non-hydrogen) atoms. The molecule has 2 rings (SSSR count). The molecule has 0 unspecified atom stereocenters. The third-order valence-electron chi connectivity index (χ3n) is 4.63. The van der Waals surface area contributed by atoms with Crippen LogP contribution in [0.2, 0.25) is 0 Å². The quantitative estimate of drug-likeness (QED) is 0.342. The molecule has 10 nitrogen and oxygen atoms in total. The fraction of sp³-hybridized carbons (Fsp3) is 0.360. The molecule has 188 valence electrons. The zero-order valence-electron chi connectivity index (χ0n) is 20.0. The molecule has 0 atom stereocenters. The monoisotopic (exact) mass is 484 g/mol. The molecular formula is C25H32N4O6. The van der Waals surface area contributed by atoms with Crippen LogP contribution < -0.4 is 31.2 Å². The molecule has 0 saturated heterocycles. The highest BCUT2D eigenvalue weighted by atomic mass is 16.5. The van der Waals surface area contributed by atoms with Crippen LogP contribution in [0.5, 0.6) is 11.5 Å². The first-order valence-electron chi connectivity index (χ1n) is 11.6. The minimum atomic E-state index is -0.506. The fourth-order valence-corrected chi connectivity index (χ4v) is 2.91. The Kier molecular flexibility index (Phi) is 11.6. The van der Waals surface area contributed by atoms with E-state index in [-0.39, 0.29) is 19.3 Å². The van der Waals surface area contributed by atoms with Crippen molar-refractivity contribution in [3.8, 4) is 11.5 Å². The molecule has 0 saturated carbocycles. The first-order valence-corrected chi connectivity index (χ1v) is 11.6. The Morgan fingerprint density at radius 2 is 1.03 bits per heavy atom. The number of nitrogens with one attached hydrogen (secondary N) is 4. The Balaban J connectivity index is 1.70. The molecule has 0 fully saturated rings. The van der Waals surface area contributed by atoms with Crippen molar-refractivity contribution in [3.05, 3.63) is 59.7 Å². The summed E-state index contributed by atoms with van der Waals surface area (Å²) in [4.78, 5) is 48.7. The van der Waals surface area contributed by atoms with Crippen molar-refractivity contribution in [2.75, 3.05) is 13.2 Å². The van der Waals surface area contributed by atoms with Gasteiger partial charge in [-0.25, -0.2) is 0 Å². The molecule has 4 amide bonds. The second kappa shape index (κ2) is 14.9. The van der Waals surface area contributed by atoms with Crippen LogP contribution >= 0.6 is 0 Å². The third kappa shape index (κ3) is 9.36. The predicted molar refractivity (Wildman–Crippen MR) is 130 cm³/mol. The van der Waals surface area contributed by atoms with Gasteiger partial charge in [-0.3, -0.25) is 40.9 Å². The summed E-state index contributed by atoms with van der Waals surface area (Å²) in [6, 6.07) is 13.5. The molecular weight excluding hydrogens is 452 g/mol. The molecule has 0 aliphatic rings. The average molecular weight is 485 g/mol. The van der Waals surface area contributed by atoms with Crippen LogP contribution in [0.1, 0.15) is 66.7 Å². The summed E-state index contributed by atoms with van der Waals surface area (Å²) >= 11 is 0. The number of carbonyl (C=O) groups excluding carboxylic acids is 4. The van der Waals surface area contributed by atoms with E-state index in [1.54, 1.807) is 48.5 Å². The number of hydrazine groups is 2. The summed E-state index contributed by atoms with van der Waals surface area (Å²) in [6.45, 7) is 4.86. The molecule has 2 aromatic rings. The van der Waals surface area contributed by atoms with Crippen molar-refractivity contribution in [2.24, 2.45) is 0 Å². The van der Waals surface area contributed by atoms with Crippen molar-refractivity contribution >= 4 is 23.6 Å². The van der Waals surface area contributed by atoms with Gasteiger partial charge in [0, 0.05) is 12.8 Å². The maximum atomic E-state index is 12.3. The Morgan fingerprint density at radius 1 is 0.629 bits per heavy atom. The van der Waals surface area contributed by atoms with E-state index >= 15 is 0 Å². The van der Waals surface area contributed by atoms with Gasteiger partial charge in [0.1, 0.15) is 11.5 Å². The second-order valence-electron chi connectivity index (χ2n) is 7.55. The van der Waals surface area contributed by atoms with E-state index < -0.39 is 23.6 Å². The molecule has 0 aliphatic carbocycles. The van der Waals surface area contributed by atoms with Gasteiger partial charge < -0.3 is 9.47 Å². The van der Waals surface area contributed by atoms with Crippen LogP contribution in [0, 0.1) is 0 Å². The van der Waals surface area contributed by atoms with Crippen molar-refractivity contribution in [1.82, 2.24) is 21.7 Å². The second-order valence-corrected chi connectivity index (χ2v) is 7.55. The number of hydrogen-bond acceptors (Lipinski definition) is 6. The van der Waals surface area contributed by atoms with Gasteiger partial charge in [-0.15, -0.1) is 0 Å². The Labute approximate surface area is 204 Å². The van der Waals surface area contributed by atoms with Crippen LogP contribution in [0.25, 0.3) is 0 Å². The smallest absolute Gasteiger partial charge is 0.273 e. The van der Waals surface area contributed by atoms with Gasteiger partial charge in [0.25, 0.3) is 11.8 Å². The zero-order chi connectivity index (χ0) is 25.5. The largest absolute Gasteiger partial charge is 0.493 e. The number of hydrogen-bond donors (Lipinski definition) is 4. The molecule has 0 aromatic heterocycles. The Morgan fingerprint density at radius 3 is 1.43 bits per heavy atom. The number of benzene rings is 2. The average Bonchev–Trinajstić information content (AvgIpc) is 2.88. The fourth-order valence-electron chi connectivity index (χ4n) is 2.91. The van der Waals surface area contributed by atoms with E-state index in [2.05, 4.69) is 21.7 Å². The van der Waals surface area contributed by atoms with Gasteiger partial charge in [0.05, 0.1) is 24.3 Å². The summed E-state index contributed by atoms with van der Waals surface area (Å²) in [7, 11) is 0. The zero-order valence-corrected chi connectivity index (χ0v) is 20.0. The van der Waals surface area contributed by atoms with E-state index in [1.165, 1.54) is 0 Å². The number of carbonyl (C=O) groups is 4. The first-order chi connectivity index (χ1) is 17.0. The molecule has 0 heterocycles. The van der Waals surface area contributed by atoms with Gasteiger partial charge in [-0.2, -0.15) is 0 Å². The molecule has 4 N–H and O–H groups in total. The summed E-state index contributed by atoms with van der Waals surface area (Å²) in [5, 5.41) is 0. The molecule has 0 spiro atoms. The number of rotatable bonds is 12. The number of para-hydroxylation sites is 2. The van der Waals surface area contributed by atoms with E-state index in [4.69, 9.17) is 9.47 Å². The van der Waals surface area contributed by atoms with Crippen molar-refractivity contribution in [1.29, 1.82) is 0 Å². The molecule has 0 radical (unpaired) electrons. The SMILES string of the molecule is CCCOc1ccccc1C(=O)NNC(=O)CCCC(=O)NNC(=O)c1ccccc1OCCC. The summed E-state index contributed by atoms with van der Waals surface area (Å²) < 4.78 is 11.1. The molecule has 0 aliphatic heterocycles. The standard InChI is InChI=1S/C25H32N4O6/c1-3-16-34-20-12-7-5-10-18(20)24(32)28-26-22(30)14-9-15-23(31)27-29-25(33)19-11-6-8-13-21(19)35-17-4-2/h5-8,10-13H,3-4,9,14-17H2,1-2H3,(H,26,30)(H,27,31)(H,28,32)(H,29,33).